The maximum Gasteiger partial charge on any atom is 0.267 e. The smallest absolute Gasteiger partial charge is 0.267 e. The van der Waals surface area contributed by atoms with E-state index in [-0.39, 0.29) is 16.3 Å². The van der Waals surface area contributed by atoms with Crippen molar-refractivity contribution in [2.24, 2.45) is 0 Å². The number of benzene rings is 2. The Bertz CT molecular complexity index is 901. The van der Waals surface area contributed by atoms with Crippen LogP contribution in [-0.4, -0.2) is 28.0 Å². The molecule has 0 saturated carbocycles. The molecule has 0 aliphatic carbocycles. The number of carbonyl (C=O) groups is 1. The number of halogens is 2. The van der Waals surface area contributed by atoms with Crippen LogP contribution in [0.25, 0.3) is 0 Å². The first-order valence-corrected chi connectivity index (χ1v) is 8.97. The molecule has 0 atom stereocenters. The Morgan fingerprint density at radius 1 is 1.20 bits per heavy atom. The molecule has 2 aromatic rings. The van der Waals surface area contributed by atoms with Crippen LogP contribution in [0.4, 0.5) is 4.39 Å². The van der Waals surface area contributed by atoms with E-state index < -0.39 is 26.6 Å². The quantitative estimate of drug-likeness (QED) is 0.824. The molecule has 0 radical (unpaired) electrons. The summed E-state index contributed by atoms with van der Waals surface area (Å²) in [5.74, 6) is -1.31. The number of ether oxygens (including phenoxy) is 2. The van der Waals surface area contributed by atoms with Gasteiger partial charge in [0.25, 0.3) is 15.9 Å². The number of hydrogen-bond donors (Lipinski definition) is 1. The number of hydrogen-bond acceptors (Lipinski definition) is 5. The van der Waals surface area contributed by atoms with Gasteiger partial charge in [-0.2, -0.15) is 0 Å². The van der Waals surface area contributed by atoms with E-state index >= 15 is 0 Å². The molecule has 1 N–H and O–H groups in total. The number of nitrogens with one attached hydrogen (secondary N) is 1. The standard InChI is InChI=1S/C16H15ClFNO5S/c1-3-24-14-8-10(4-6-13(14)23-2)16(20)19-25(21,22)15-7-5-11(17)9-12(15)18/h4-9H,3H2,1-2H3,(H,19,20). The van der Waals surface area contributed by atoms with Crippen molar-refractivity contribution < 1.29 is 27.1 Å². The van der Waals surface area contributed by atoms with Crippen LogP contribution in [0.1, 0.15) is 17.3 Å². The monoisotopic (exact) mass is 387 g/mol. The zero-order valence-electron chi connectivity index (χ0n) is 13.4. The van der Waals surface area contributed by atoms with Crippen LogP contribution < -0.4 is 14.2 Å². The van der Waals surface area contributed by atoms with Gasteiger partial charge in [0.1, 0.15) is 10.7 Å². The molecule has 0 aliphatic rings. The van der Waals surface area contributed by atoms with Crippen molar-refractivity contribution in [1.29, 1.82) is 0 Å². The van der Waals surface area contributed by atoms with E-state index in [9.17, 15) is 17.6 Å². The van der Waals surface area contributed by atoms with Crippen molar-refractivity contribution in [3.05, 3.63) is 52.8 Å². The van der Waals surface area contributed by atoms with Crippen LogP contribution in [0, 0.1) is 5.82 Å². The van der Waals surface area contributed by atoms with E-state index in [1.165, 1.54) is 31.4 Å². The van der Waals surface area contributed by atoms with E-state index in [1.54, 1.807) is 6.92 Å². The maximum absolute atomic E-state index is 13.8. The van der Waals surface area contributed by atoms with Gasteiger partial charge in [0, 0.05) is 10.6 Å². The molecular weight excluding hydrogens is 373 g/mol. The van der Waals surface area contributed by atoms with Gasteiger partial charge in [-0.15, -0.1) is 0 Å². The van der Waals surface area contributed by atoms with Crippen LogP contribution in [0.15, 0.2) is 41.3 Å². The number of amides is 1. The second-order valence-electron chi connectivity index (χ2n) is 4.81. The predicted molar refractivity (Wildman–Crippen MR) is 90.2 cm³/mol. The fraction of sp³-hybridized carbons (Fsp3) is 0.188. The Morgan fingerprint density at radius 3 is 2.52 bits per heavy atom. The van der Waals surface area contributed by atoms with Crippen molar-refractivity contribution in [3.63, 3.8) is 0 Å². The zero-order valence-corrected chi connectivity index (χ0v) is 14.9. The summed E-state index contributed by atoms with van der Waals surface area (Å²) in [7, 11) is -2.97. The Kier molecular flexibility index (Phi) is 5.86. The maximum atomic E-state index is 13.8. The second-order valence-corrected chi connectivity index (χ2v) is 6.90. The molecule has 0 aromatic heterocycles. The summed E-state index contributed by atoms with van der Waals surface area (Å²) in [6, 6.07) is 7.21. The first-order chi connectivity index (χ1) is 11.8. The summed E-state index contributed by atoms with van der Waals surface area (Å²) in [4.78, 5) is 11.6. The van der Waals surface area contributed by atoms with Crippen molar-refractivity contribution in [2.45, 2.75) is 11.8 Å². The molecule has 0 spiro atoms. The van der Waals surface area contributed by atoms with E-state index in [1.807, 2.05) is 4.72 Å². The van der Waals surface area contributed by atoms with Gasteiger partial charge in [-0.3, -0.25) is 4.79 Å². The minimum Gasteiger partial charge on any atom is -0.493 e. The molecule has 1 amide bonds. The van der Waals surface area contributed by atoms with E-state index in [0.717, 1.165) is 12.1 Å². The number of carbonyl (C=O) groups excluding carboxylic acids is 1. The topological polar surface area (TPSA) is 81.7 Å². The normalized spacial score (nSPS) is 11.0. The van der Waals surface area contributed by atoms with Crippen molar-refractivity contribution in [2.75, 3.05) is 13.7 Å². The lowest BCUT2D eigenvalue weighted by atomic mass is 10.2. The molecule has 9 heteroatoms. The Labute approximate surface area is 149 Å². The lowest BCUT2D eigenvalue weighted by Crippen LogP contribution is -2.31. The molecule has 2 aromatic carbocycles. The van der Waals surface area contributed by atoms with Crippen molar-refractivity contribution in [3.8, 4) is 11.5 Å². The van der Waals surface area contributed by atoms with Crippen LogP contribution in [0.5, 0.6) is 11.5 Å². The highest BCUT2D eigenvalue weighted by Crippen LogP contribution is 2.28. The molecule has 0 saturated heterocycles. The summed E-state index contributed by atoms with van der Waals surface area (Å²) >= 11 is 5.60. The first-order valence-electron chi connectivity index (χ1n) is 7.11. The average molecular weight is 388 g/mol. The third-order valence-corrected chi connectivity index (χ3v) is 4.74. The zero-order chi connectivity index (χ0) is 18.6. The minimum atomic E-state index is -4.40. The molecule has 6 nitrogen and oxygen atoms in total. The summed E-state index contributed by atoms with van der Waals surface area (Å²) in [5, 5.41) is 0.0410. The highest BCUT2D eigenvalue weighted by atomic mass is 35.5. The molecule has 0 bridgehead atoms. The fourth-order valence-electron chi connectivity index (χ4n) is 2.02. The van der Waals surface area contributed by atoms with Crippen molar-refractivity contribution in [1.82, 2.24) is 4.72 Å². The van der Waals surface area contributed by atoms with Crippen molar-refractivity contribution >= 4 is 27.5 Å². The third kappa shape index (κ3) is 4.40. The summed E-state index contributed by atoms with van der Waals surface area (Å²) in [6.07, 6.45) is 0. The third-order valence-electron chi connectivity index (χ3n) is 3.14. The summed E-state index contributed by atoms with van der Waals surface area (Å²) < 4.78 is 50.5. The minimum absolute atomic E-state index is 0.0159. The Hall–Kier alpha value is -2.32. The largest absolute Gasteiger partial charge is 0.493 e. The fourth-order valence-corrected chi connectivity index (χ4v) is 3.21. The molecule has 0 aliphatic heterocycles. The summed E-state index contributed by atoms with van der Waals surface area (Å²) in [5.41, 5.74) is 0.0159. The lowest BCUT2D eigenvalue weighted by molar-refractivity contribution is 0.0981. The van der Waals surface area contributed by atoms with Crippen LogP contribution in [0.3, 0.4) is 0 Å². The molecule has 25 heavy (non-hydrogen) atoms. The van der Waals surface area contributed by atoms with Crippen LogP contribution >= 0.6 is 11.6 Å². The molecular formula is C16H15ClFNO5S. The first kappa shape index (κ1) is 19.0. The van der Waals surface area contributed by atoms with Gasteiger partial charge in [-0.25, -0.2) is 17.5 Å². The number of methoxy groups -OCH3 is 1. The van der Waals surface area contributed by atoms with E-state index in [2.05, 4.69) is 0 Å². The van der Waals surface area contributed by atoms with Gasteiger partial charge in [0.2, 0.25) is 0 Å². The lowest BCUT2D eigenvalue weighted by Gasteiger charge is -2.12. The highest BCUT2D eigenvalue weighted by Gasteiger charge is 2.23. The SMILES string of the molecule is CCOc1cc(C(=O)NS(=O)(=O)c2ccc(Cl)cc2F)ccc1OC. The molecule has 0 unspecified atom stereocenters. The molecule has 0 heterocycles. The number of rotatable bonds is 6. The van der Waals surface area contributed by atoms with Crippen LogP contribution in [-0.2, 0) is 10.0 Å². The van der Waals surface area contributed by atoms with Gasteiger partial charge in [-0.1, -0.05) is 11.6 Å². The van der Waals surface area contributed by atoms with Gasteiger partial charge in [0.05, 0.1) is 13.7 Å². The van der Waals surface area contributed by atoms with E-state index in [4.69, 9.17) is 21.1 Å². The van der Waals surface area contributed by atoms with Gasteiger partial charge in [0.15, 0.2) is 11.5 Å². The van der Waals surface area contributed by atoms with Gasteiger partial charge in [-0.05, 0) is 43.3 Å². The molecule has 2 rings (SSSR count). The van der Waals surface area contributed by atoms with Gasteiger partial charge >= 0.3 is 0 Å². The second kappa shape index (κ2) is 7.71. The Morgan fingerprint density at radius 2 is 1.92 bits per heavy atom. The van der Waals surface area contributed by atoms with Gasteiger partial charge < -0.3 is 9.47 Å². The van der Waals surface area contributed by atoms with E-state index in [0.29, 0.717) is 12.4 Å². The number of sulfonamides is 1. The summed E-state index contributed by atoms with van der Waals surface area (Å²) in [6.45, 7) is 2.08. The molecule has 0 fully saturated rings. The average Bonchev–Trinajstić information content (AvgIpc) is 2.54. The predicted octanol–water partition coefficient (Wildman–Crippen LogP) is 3.01. The highest BCUT2D eigenvalue weighted by molar-refractivity contribution is 7.90. The van der Waals surface area contributed by atoms with Crippen LogP contribution in [0.2, 0.25) is 5.02 Å². The molecule has 134 valence electrons. The Balaban J connectivity index is 2.30.